The van der Waals surface area contributed by atoms with Gasteiger partial charge < -0.3 is 10.2 Å². The van der Waals surface area contributed by atoms with Gasteiger partial charge in [-0.05, 0) is 19.1 Å². The lowest BCUT2D eigenvalue weighted by molar-refractivity contribution is -0.140. The van der Waals surface area contributed by atoms with Crippen LogP contribution in [0, 0.1) is 16.7 Å². The molecule has 1 aliphatic rings. The summed E-state index contributed by atoms with van der Waals surface area (Å²) >= 11 is 0. The molecule has 0 aliphatic carbocycles. The molecular formula is C8H8N2O3. The van der Waals surface area contributed by atoms with E-state index in [4.69, 9.17) is 15.5 Å². The van der Waals surface area contributed by atoms with Crippen molar-refractivity contribution in [3.63, 3.8) is 0 Å². The minimum Gasteiger partial charge on any atom is -0.480 e. The summed E-state index contributed by atoms with van der Waals surface area (Å²) in [5.74, 6) is -1.28. The van der Waals surface area contributed by atoms with Crippen molar-refractivity contribution in [3.05, 3.63) is 12.2 Å². The summed E-state index contributed by atoms with van der Waals surface area (Å²) in [6, 6.07) is 1.66. The molecule has 1 rings (SSSR count). The molecule has 0 aromatic carbocycles. The normalized spacial score (nSPS) is 32.1. The molecule has 13 heavy (non-hydrogen) atoms. The number of carboxylic acid groups (broad SMARTS) is 1. The molecule has 0 spiro atoms. The van der Waals surface area contributed by atoms with Crippen molar-refractivity contribution in [3.8, 4) is 6.07 Å². The number of dihydropyridines is 1. The zero-order valence-electron chi connectivity index (χ0n) is 6.93. The number of aliphatic hydroxyl groups is 1. The Kier molecular flexibility index (Phi) is 2.17. The van der Waals surface area contributed by atoms with Gasteiger partial charge in [-0.1, -0.05) is 0 Å². The Bertz CT molecular complexity index is 340. The SMILES string of the molecule is CC1=NC(O)C=CC1(C#N)C(=O)O. The van der Waals surface area contributed by atoms with Gasteiger partial charge in [-0.3, -0.25) is 4.99 Å². The van der Waals surface area contributed by atoms with Crippen molar-refractivity contribution in [1.82, 2.24) is 0 Å². The van der Waals surface area contributed by atoms with E-state index in [2.05, 4.69) is 4.99 Å². The van der Waals surface area contributed by atoms with Crippen molar-refractivity contribution in [2.75, 3.05) is 0 Å². The molecule has 5 heteroatoms. The molecule has 5 nitrogen and oxygen atoms in total. The summed E-state index contributed by atoms with van der Waals surface area (Å²) in [4.78, 5) is 14.4. The van der Waals surface area contributed by atoms with Crippen LogP contribution in [0.4, 0.5) is 0 Å². The zero-order valence-corrected chi connectivity index (χ0v) is 6.93. The summed E-state index contributed by atoms with van der Waals surface area (Å²) in [6.45, 7) is 1.41. The standard InChI is InChI=1S/C8H8N2O3/c1-5-8(4-9,7(12)13)3-2-6(11)10-5/h2-3,6,11H,1H3,(H,12,13). The highest BCUT2D eigenvalue weighted by molar-refractivity contribution is 6.10. The van der Waals surface area contributed by atoms with E-state index < -0.39 is 17.6 Å². The Morgan fingerprint density at radius 2 is 2.46 bits per heavy atom. The highest BCUT2D eigenvalue weighted by Gasteiger charge is 2.41. The van der Waals surface area contributed by atoms with E-state index in [1.165, 1.54) is 13.0 Å². The molecule has 0 amide bonds. The molecule has 2 atom stereocenters. The summed E-state index contributed by atoms with van der Waals surface area (Å²) in [5, 5.41) is 26.5. The van der Waals surface area contributed by atoms with E-state index in [0.29, 0.717) is 0 Å². The third-order valence-corrected chi connectivity index (χ3v) is 1.93. The Hall–Kier alpha value is -1.67. The molecular weight excluding hydrogens is 172 g/mol. The Balaban J connectivity index is 3.19. The summed E-state index contributed by atoms with van der Waals surface area (Å²) < 4.78 is 0. The van der Waals surface area contributed by atoms with Gasteiger partial charge in [0.25, 0.3) is 0 Å². The van der Waals surface area contributed by atoms with Crippen LogP contribution in [-0.2, 0) is 4.79 Å². The van der Waals surface area contributed by atoms with Crippen molar-refractivity contribution in [2.45, 2.75) is 13.2 Å². The van der Waals surface area contributed by atoms with Crippen LogP contribution in [0.2, 0.25) is 0 Å². The lowest BCUT2D eigenvalue weighted by Gasteiger charge is -2.21. The second kappa shape index (κ2) is 2.99. The lowest BCUT2D eigenvalue weighted by atomic mass is 9.83. The minimum atomic E-state index is -1.71. The van der Waals surface area contributed by atoms with Crippen LogP contribution in [0.3, 0.4) is 0 Å². The second-order valence-corrected chi connectivity index (χ2v) is 2.71. The number of carboxylic acids is 1. The van der Waals surface area contributed by atoms with Gasteiger partial charge in [0, 0.05) is 5.71 Å². The minimum absolute atomic E-state index is 0.0949. The molecule has 0 saturated heterocycles. The van der Waals surface area contributed by atoms with Crippen LogP contribution in [0.25, 0.3) is 0 Å². The van der Waals surface area contributed by atoms with E-state index in [0.717, 1.165) is 6.08 Å². The first kappa shape index (κ1) is 9.42. The fourth-order valence-electron chi connectivity index (χ4n) is 1.09. The van der Waals surface area contributed by atoms with Gasteiger partial charge in [-0.2, -0.15) is 5.26 Å². The topological polar surface area (TPSA) is 93.7 Å². The first-order valence-electron chi connectivity index (χ1n) is 3.60. The summed E-state index contributed by atoms with van der Waals surface area (Å²) in [6.07, 6.45) is 1.30. The molecule has 68 valence electrons. The summed E-state index contributed by atoms with van der Waals surface area (Å²) in [7, 11) is 0. The van der Waals surface area contributed by atoms with E-state index >= 15 is 0 Å². The van der Waals surface area contributed by atoms with E-state index in [1.54, 1.807) is 6.07 Å². The average Bonchev–Trinajstić information content (AvgIpc) is 2.04. The third-order valence-electron chi connectivity index (χ3n) is 1.93. The fraction of sp³-hybridized carbons (Fsp3) is 0.375. The molecule has 0 aromatic rings. The van der Waals surface area contributed by atoms with Crippen LogP contribution in [0.15, 0.2) is 17.1 Å². The molecule has 2 unspecified atom stereocenters. The van der Waals surface area contributed by atoms with E-state index in [9.17, 15) is 4.79 Å². The first-order chi connectivity index (χ1) is 6.03. The first-order valence-corrected chi connectivity index (χ1v) is 3.60. The number of carbonyl (C=O) groups is 1. The second-order valence-electron chi connectivity index (χ2n) is 2.71. The van der Waals surface area contributed by atoms with Gasteiger partial charge in [0.1, 0.15) is 0 Å². The predicted molar refractivity (Wildman–Crippen MR) is 43.9 cm³/mol. The van der Waals surface area contributed by atoms with E-state index in [-0.39, 0.29) is 5.71 Å². The molecule has 0 bridgehead atoms. The predicted octanol–water partition coefficient (Wildman–Crippen LogP) is -0.0699. The van der Waals surface area contributed by atoms with Gasteiger partial charge >= 0.3 is 5.97 Å². The maximum absolute atomic E-state index is 10.8. The Labute approximate surface area is 74.6 Å². The number of nitriles is 1. The maximum atomic E-state index is 10.8. The molecule has 0 aromatic heterocycles. The van der Waals surface area contributed by atoms with Crippen LogP contribution in [0.1, 0.15) is 6.92 Å². The molecule has 1 heterocycles. The van der Waals surface area contributed by atoms with Crippen molar-refractivity contribution < 1.29 is 15.0 Å². The Morgan fingerprint density at radius 3 is 2.85 bits per heavy atom. The number of nitrogens with zero attached hydrogens (tertiary/aromatic N) is 2. The average molecular weight is 180 g/mol. The number of aliphatic hydroxyl groups excluding tert-OH is 1. The van der Waals surface area contributed by atoms with Gasteiger partial charge in [0.2, 0.25) is 5.41 Å². The number of rotatable bonds is 1. The highest BCUT2D eigenvalue weighted by atomic mass is 16.4. The molecule has 0 fully saturated rings. The van der Waals surface area contributed by atoms with Gasteiger partial charge in [-0.25, -0.2) is 4.79 Å². The van der Waals surface area contributed by atoms with Crippen LogP contribution < -0.4 is 0 Å². The number of aliphatic imine (C=N–C) groups is 1. The largest absolute Gasteiger partial charge is 0.480 e. The van der Waals surface area contributed by atoms with Crippen molar-refractivity contribution >= 4 is 11.7 Å². The van der Waals surface area contributed by atoms with Gasteiger partial charge in [0.05, 0.1) is 6.07 Å². The van der Waals surface area contributed by atoms with Gasteiger partial charge in [-0.15, -0.1) is 0 Å². The molecule has 0 saturated carbocycles. The van der Waals surface area contributed by atoms with Crippen LogP contribution >= 0.6 is 0 Å². The van der Waals surface area contributed by atoms with Crippen LogP contribution in [-0.4, -0.2) is 28.1 Å². The number of hydrogen-bond donors (Lipinski definition) is 2. The van der Waals surface area contributed by atoms with E-state index in [1.807, 2.05) is 0 Å². The molecule has 1 aliphatic heterocycles. The monoisotopic (exact) mass is 180 g/mol. The maximum Gasteiger partial charge on any atom is 0.333 e. The van der Waals surface area contributed by atoms with Crippen molar-refractivity contribution in [1.29, 1.82) is 5.26 Å². The zero-order chi connectivity index (χ0) is 10.1. The highest BCUT2D eigenvalue weighted by Crippen LogP contribution is 2.25. The molecule has 2 N–H and O–H groups in total. The Morgan fingerprint density at radius 1 is 1.85 bits per heavy atom. The number of aliphatic carboxylic acids is 1. The number of hydrogen-bond acceptors (Lipinski definition) is 4. The van der Waals surface area contributed by atoms with Crippen molar-refractivity contribution in [2.24, 2.45) is 10.4 Å². The fourth-order valence-corrected chi connectivity index (χ4v) is 1.09. The smallest absolute Gasteiger partial charge is 0.333 e. The van der Waals surface area contributed by atoms with Crippen LogP contribution in [0.5, 0.6) is 0 Å². The van der Waals surface area contributed by atoms with Gasteiger partial charge in [0.15, 0.2) is 6.23 Å². The quantitative estimate of drug-likeness (QED) is 0.552. The molecule has 0 radical (unpaired) electrons. The summed E-state index contributed by atoms with van der Waals surface area (Å²) in [5.41, 5.74) is -1.61. The lowest BCUT2D eigenvalue weighted by Crippen LogP contribution is -2.37. The third kappa shape index (κ3) is 1.32.